The molecule has 0 amide bonds. The van der Waals surface area contributed by atoms with Gasteiger partial charge in [-0.25, -0.2) is 13.1 Å². The Morgan fingerprint density at radius 2 is 2.10 bits per heavy atom. The van der Waals surface area contributed by atoms with Gasteiger partial charge in [0.1, 0.15) is 4.90 Å². The van der Waals surface area contributed by atoms with E-state index in [0.29, 0.717) is 25.7 Å². The summed E-state index contributed by atoms with van der Waals surface area (Å²) in [6, 6.07) is 2.21. The fraction of sp³-hybridized carbons (Fsp3) is 0.500. The van der Waals surface area contributed by atoms with Gasteiger partial charge in [0.05, 0.1) is 17.2 Å². The van der Waals surface area contributed by atoms with Gasteiger partial charge in [0.25, 0.3) is 0 Å². The zero-order chi connectivity index (χ0) is 15.7. The summed E-state index contributed by atoms with van der Waals surface area (Å²) in [5.41, 5.74) is -1.06. The predicted octanol–water partition coefficient (Wildman–Crippen LogP) is 2.67. The molecule has 1 aromatic rings. The standard InChI is InChI=1S/C12H13ClF3NO3S/c13-10-2-1-9(12(14,15)16)5-11(10)21(18,19)17-6-8-3-4-20-7-8/h1-2,5,8,17H,3-4,6-7H2. The van der Waals surface area contributed by atoms with Gasteiger partial charge >= 0.3 is 6.18 Å². The Morgan fingerprint density at radius 1 is 1.38 bits per heavy atom. The maximum Gasteiger partial charge on any atom is 0.416 e. The molecule has 2 rings (SSSR count). The topological polar surface area (TPSA) is 55.4 Å². The second kappa shape index (κ2) is 6.12. The molecular weight excluding hydrogens is 331 g/mol. The monoisotopic (exact) mass is 343 g/mol. The molecule has 1 saturated heterocycles. The van der Waals surface area contributed by atoms with Crippen LogP contribution in [0.5, 0.6) is 0 Å². The Labute approximate surface area is 125 Å². The third kappa shape index (κ3) is 4.09. The Hall–Kier alpha value is -0.830. The van der Waals surface area contributed by atoms with Gasteiger partial charge < -0.3 is 4.74 Å². The average Bonchev–Trinajstić information content (AvgIpc) is 2.88. The second-order valence-corrected chi connectivity index (χ2v) is 6.87. The lowest BCUT2D eigenvalue weighted by molar-refractivity contribution is -0.137. The van der Waals surface area contributed by atoms with Gasteiger partial charge in [-0.2, -0.15) is 13.2 Å². The molecule has 1 aliphatic heterocycles. The first-order chi connectivity index (χ1) is 9.70. The van der Waals surface area contributed by atoms with E-state index in [1.165, 1.54) is 0 Å². The van der Waals surface area contributed by atoms with Gasteiger partial charge in [-0.3, -0.25) is 0 Å². The van der Waals surface area contributed by atoms with Crippen LogP contribution in [-0.4, -0.2) is 28.2 Å². The number of halogens is 4. The maximum absolute atomic E-state index is 12.6. The van der Waals surface area contributed by atoms with Gasteiger partial charge in [0.2, 0.25) is 10.0 Å². The average molecular weight is 344 g/mol. The van der Waals surface area contributed by atoms with Gasteiger partial charge in [-0.1, -0.05) is 11.6 Å². The Morgan fingerprint density at radius 3 is 2.67 bits per heavy atom. The molecule has 0 bridgehead atoms. The fourth-order valence-corrected chi connectivity index (χ4v) is 3.58. The molecular formula is C12H13ClF3NO3S. The van der Waals surface area contributed by atoms with Crippen LogP contribution in [0.25, 0.3) is 0 Å². The highest BCUT2D eigenvalue weighted by molar-refractivity contribution is 7.89. The largest absolute Gasteiger partial charge is 0.416 e. The van der Waals surface area contributed by atoms with Crippen molar-refractivity contribution in [2.75, 3.05) is 19.8 Å². The van der Waals surface area contributed by atoms with Crippen LogP contribution in [0.2, 0.25) is 5.02 Å². The van der Waals surface area contributed by atoms with Crippen LogP contribution >= 0.6 is 11.6 Å². The van der Waals surface area contributed by atoms with Crippen molar-refractivity contribution in [1.82, 2.24) is 4.72 Å². The van der Waals surface area contributed by atoms with Gasteiger partial charge in [-0.05, 0) is 30.5 Å². The first-order valence-electron chi connectivity index (χ1n) is 6.14. The molecule has 1 atom stereocenters. The summed E-state index contributed by atoms with van der Waals surface area (Å²) in [7, 11) is -4.10. The quantitative estimate of drug-likeness (QED) is 0.914. The second-order valence-electron chi connectivity index (χ2n) is 4.72. The van der Waals surface area contributed by atoms with E-state index in [-0.39, 0.29) is 17.5 Å². The zero-order valence-electron chi connectivity index (χ0n) is 10.8. The molecule has 1 unspecified atom stereocenters. The van der Waals surface area contributed by atoms with Crippen molar-refractivity contribution in [3.63, 3.8) is 0 Å². The first kappa shape index (κ1) is 16.5. The molecule has 1 fully saturated rings. The van der Waals surface area contributed by atoms with Gasteiger partial charge in [0.15, 0.2) is 0 Å². The van der Waals surface area contributed by atoms with Crippen LogP contribution in [0.1, 0.15) is 12.0 Å². The number of alkyl halides is 3. The third-order valence-corrected chi connectivity index (χ3v) is 5.04. The Kier molecular flexibility index (Phi) is 4.82. The number of rotatable bonds is 4. The van der Waals surface area contributed by atoms with E-state index in [1.54, 1.807) is 0 Å². The summed E-state index contributed by atoms with van der Waals surface area (Å²) < 4.78 is 69.5. The number of ether oxygens (including phenoxy) is 1. The molecule has 118 valence electrons. The van der Waals surface area contributed by atoms with E-state index in [1.807, 2.05) is 0 Å². The number of sulfonamides is 1. The normalized spacial score (nSPS) is 19.9. The van der Waals surface area contributed by atoms with Crippen LogP contribution in [0, 0.1) is 5.92 Å². The molecule has 0 radical (unpaired) electrons. The van der Waals surface area contributed by atoms with Crippen molar-refractivity contribution in [2.45, 2.75) is 17.5 Å². The Balaban J connectivity index is 2.22. The zero-order valence-corrected chi connectivity index (χ0v) is 12.4. The lowest BCUT2D eigenvalue weighted by Crippen LogP contribution is -2.30. The van der Waals surface area contributed by atoms with Crippen LogP contribution in [-0.2, 0) is 20.9 Å². The van der Waals surface area contributed by atoms with Crippen molar-refractivity contribution >= 4 is 21.6 Å². The van der Waals surface area contributed by atoms with Crippen LogP contribution in [0.4, 0.5) is 13.2 Å². The summed E-state index contributed by atoms with van der Waals surface area (Å²) in [6.07, 6.45) is -3.92. The fourth-order valence-electron chi connectivity index (χ4n) is 1.94. The smallest absolute Gasteiger partial charge is 0.381 e. The summed E-state index contributed by atoms with van der Waals surface area (Å²) in [4.78, 5) is -0.571. The van der Waals surface area contributed by atoms with Crippen LogP contribution < -0.4 is 4.72 Å². The molecule has 1 aromatic carbocycles. The predicted molar refractivity (Wildman–Crippen MR) is 70.6 cm³/mol. The highest BCUT2D eigenvalue weighted by Gasteiger charge is 2.33. The lowest BCUT2D eigenvalue weighted by Gasteiger charge is -2.13. The van der Waals surface area contributed by atoms with Crippen molar-refractivity contribution in [2.24, 2.45) is 5.92 Å². The van der Waals surface area contributed by atoms with E-state index < -0.39 is 26.7 Å². The molecule has 1 heterocycles. The molecule has 0 saturated carbocycles. The van der Waals surface area contributed by atoms with Crippen molar-refractivity contribution in [3.05, 3.63) is 28.8 Å². The van der Waals surface area contributed by atoms with E-state index in [4.69, 9.17) is 16.3 Å². The highest BCUT2D eigenvalue weighted by atomic mass is 35.5. The minimum absolute atomic E-state index is 0.0179. The third-order valence-electron chi connectivity index (χ3n) is 3.13. The van der Waals surface area contributed by atoms with Crippen molar-refractivity contribution in [3.8, 4) is 0 Å². The molecule has 21 heavy (non-hydrogen) atoms. The number of benzene rings is 1. The number of hydrogen-bond acceptors (Lipinski definition) is 3. The summed E-state index contributed by atoms with van der Waals surface area (Å²) in [6.45, 7) is 1.09. The maximum atomic E-state index is 12.6. The minimum Gasteiger partial charge on any atom is -0.381 e. The number of hydrogen-bond donors (Lipinski definition) is 1. The van der Waals surface area contributed by atoms with E-state index in [9.17, 15) is 21.6 Å². The molecule has 1 N–H and O–H groups in total. The summed E-state index contributed by atoms with van der Waals surface area (Å²) in [5, 5.41) is -0.252. The first-order valence-corrected chi connectivity index (χ1v) is 8.00. The van der Waals surface area contributed by atoms with Crippen LogP contribution in [0.15, 0.2) is 23.1 Å². The molecule has 9 heteroatoms. The van der Waals surface area contributed by atoms with E-state index in [2.05, 4.69) is 4.72 Å². The lowest BCUT2D eigenvalue weighted by atomic mass is 10.1. The molecule has 0 spiro atoms. The number of nitrogens with one attached hydrogen (secondary N) is 1. The minimum atomic E-state index is -4.63. The molecule has 4 nitrogen and oxygen atoms in total. The summed E-state index contributed by atoms with van der Waals surface area (Å²) in [5.74, 6) is 0.0179. The van der Waals surface area contributed by atoms with E-state index in [0.717, 1.165) is 12.1 Å². The molecule has 0 aromatic heterocycles. The Bertz CT molecular complexity index is 613. The van der Waals surface area contributed by atoms with Gasteiger partial charge in [0, 0.05) is 13.2 Å². The molecule has 0 aliphatic carbocycles. The van der Waals surface area contributed by atoms with Gasteiger partial charge in [-0.15, -0.1) is 0 Å². The van der Waals surface area contributed by atoms with Crippen molar-refractivity contribution in [1.29, 1.82) is 0 Å². The molecule has 1 aliphatic rings. The van der Waals surface area contributed by atoms with Crippen LogP contribution in [0.3, 0.4) is 0 Å². The van der Waals surface area contributed by atoms with Crippen molar-refractivity contribution < 1.29 is 26.3 Å². The summed E-state index contributed by atoms with van der Waals surface area (Å²) >= 11 is 5.72. The SMILES string of the molecule is O=S(=O)(NCC1CCOC1)c1cc(C(F)(F)F)ccc1Cl. The van der Waals surface area contributed by atoms with E-state index >= 15 is 0 Å². The highest BCUT2D eigenvalue weighted by Crippen LogP contribution is 2.33.